The van der Waals surface area contributed by atoms with Gasteiger partial charge in [0.2, 0.25) is 0 Å². The SMILES string of the molecule is Cc1ccc(Br)cc1CN1CCN(C)CC1. The van der Waals surface area contributed by atoms with Crippen molar-refractivity contribution in [1.29, 1.82) is 0 Å². The van der Waals surface area contributed by atoms with E-state index in [1.54, 1.807) is 0 Å². The first-order valence-electron chi connectivity index (χ1n) is 5.81. The first kappa shape index (κ1) is 12.1. The quantitative estimate of drug-likeness (QED) is 0.823. The van der Waals surface area contributed by atoms with Crippen LogP contribution in [0.2, 0.25) is 0 Å². The Balaban J connectivity index is 2.00. The molecule has 1 fully saturated rings. The second kappa shape index (κ2) is 5.30. The minimum atomic E-state index is 1.08. The summed E-state index contributed by atoms with van der Waals surface area (Å²) in [6, 6.07) is 6.55. The van der Waals surface area contributed by atoms with E-state index in [0.29, 0.717) is 0 Å². The average molecular weight is 283 g/mol. The molecular formula is C13H19BrN2. The smallest absolute Gasteiger partial charge is 0.0237 e. The molecule has 0 aromatic heterocycles. The number of hydrogen-bond donors (Lipinski definition) is 0. The monoisotopic (exact) mass is 282 g/mol. The van der Waals surface area contributed by atoms with Crippen molar-refractivity contribution in [2.75, 3.05) is 33.2 Å². The van der Waals surface area contributed by atoms with Crippen molar-refractivity contribution >= 4 is 15.9 Å². The number of hydrogen-bond acceptors (Lipinski definition) is 2. The molecule has 0 spiro atoms. The highest BCUT2D eigenvalue weighted by Crippen LogP contribution is 2.18. The molecule has 1 saturated heterocycles. The van der Waals surface area contributed by atoms with Crippen molar-refractivity contribution in [3.8, 4) is 0 Å². The molecule has 1 aliphatic heterocycles. The van der Waals surface area contributed by atoms with Gasteiger partial charge in [-0.05, 0) is 37.2 Å². The Hall–Kier alpha value is -0.380. The molecule has 0 amide bonds. The zero-order chi connectivity index (χ0) is 11.5. The fourth-order valence-electron chi connectivity index (χ4n) is 2.06. The lowest BCUT2D eigenvalue weighted by Crippen LogP contribution is -2.43. The number of halogens is 1. The third kappa shape index (κ3) is 3.06. The molecule has 2 nitrogen and oxygen atoms in total. The number of rotatable bonds is 2. The average Bonchev–Trinajstić information content (AvgIpc) is 2.27. The Bertz CT molecular complexity index is 357. The van der Waals surface area contributed by atoms with Crippen molar-refractivity contribution < 1.29 is 0 Å². The third-order valence-electron chi connectivity index (χ3n) is 3.30. The first-order chi connectivity index (χ1) is 7.65. The van der Waals surface area contributed by atoms with Gasteiger partial charge in [-0.2, -0.15) is 0 Å². The number of aryl methyl sites for hydroxylation is 1. The van der Waals surface area contributed by atoms with Crippen molar-refractivity contribution in [3.05, 3.63) is 33.8 Å². The zero-order valence-electron chi connectivity index (χ0n) is 10.0. The van der Waals surface area contributed by atoms with Gasteiger partial charge in [0, 0.05) is 37.2 Å². The summed E-state index contributed by atoms with van der Waals surface area (Å²) in [5, 5.41) is 0. The summed E-state index contributed by atoms with van der Waals surface area (Å²) in [4.78, 5) is 4.93. The van der Waals surface area contributed by atoms with Crippen molar-refractivity contribution in [1.82, 2.24) is 9.80 Å². The molecule has 0 N–H and O–H groups in total. The molecular weight excluding hydrogens is 264 g/mol. The lowest BCUT2D eigenvalue weighted by atomic mass is 10.1. The summed E-state index contributed by atoms with van der Waals surface area (Å²) in [6.45, 7) is 8.02. The number of likely N-dealkylation sites (N-methyl/N-ethyl adjacent to an activating group) is 1. The summed E-state index contributed by atoms with van der Waals surface area (Å²) in [5.41, 5.74) is 2.83. The lowest BCUT2D eigenvalue weighted by molar-refractivity contribution is 0.148. The lowest BCUT2D eigenvalue weighted by Gasteiger charge is -2.32. The molecule has 0 radical (unpaired) electrons. The molecule has 0 aliphatic carbocycles. The highest BCUT2D eigenvalue weighted by Gasteiger charge is 2.14. The molecule has 1 aromatic carbocycles. The molecule has 0 bridgehead atoms. The van der Waals surface area contributed by atoms with E-state index in [9.17, 15) is 0 Å². The minimum Gasteiger partial charge on any atom is -0.304 e. The number of benzene rings is 1. The van der Waals surface area contributed by atoms with Crippen molar-refractivity contribution in [2.24, 2.45) is 0 Å². The molecule has 0 saturated carbocycles. The van der Waals surface area contributed by atoms with Crippen molar-refractivity contribution in [2.45, 2.75) is 13.5 Å². The fourth-order valence-corrected chi connectivity index (χ4v) is 2.47. The van der Waals surface area contributed by atoms with E-state index in [4.69, 9.17) is 0 Å². The van der Waals surface area contributed by atoms with Gasteiger partial charge in [0.25, 0.3) is 0 Å². The molecule has 16 heavy (non-hydrogen) atoms. The van der Waals surface area contributed by atoms with Crippen LogP contribution in [0.5, 0.6) is 0 Å². The summed E-state index contributed by atoms with van der Waals surface area (Å²) in [7, 11) is 2.20. The van der Waals surface area contributed by atoms with Crippen LogP contribution in [0.25, 0.3) is 0 Å². The predicted octanol–water partition coefficient (Wildman–Crippen LogP) is 2.50. The van der Waals surface area contributed by atoms with Gasteiger partial charge in [-0.15, -0.1) is 0 Å². The molecule has 1 heterocycles. The topological polar surface area (TPSA) is 6.48 Å². The molecule has 1 aliphatic rings. The van der Waals surface area contributed by atoms with Gasteiger partial charge in [0.1, 0.15) is 0 Å². The Morgan fingerprint density at radius 2 is 1.88 bits per heavy atom. The van der Waals surface area contributed by atoms with Crippen LogP contribution in [-0.2, 0) is 6.54 Å². The van der Waals surface area contributed by atoms with Crippen LogP contribution in [0.3, 0.4) is 0 Å². The van der Waals surface area contributed by atoms with Gasteiger partial charge < -0.3 is 4.90 Å². The second-order valence-electron chi connectivity index (χ2n) is 4.65. The van der Waals surface area contributed by atoms with Crippen LogP contribution < -0.4 is 0 Å². The summed E-state index contributed by atoms with van der Waals surface area (Å²) in [6.07, 6.45) is 0. The van der Waals surface area contributed by atoms with Gasteiger partial charge in [-0.1, -0.05) is 22.0 Å². The second-order valence-corrected chi connectivity index (χ2v) is 5.57. The molecule has 1 aromatic rings. The van der Waals surface area contributed by atoms with E-state index in [-0.39, 0.29) is 0 Å². The van der Waals surface area contributed by atoms with Crippen LogP contribution in [0, 0.1) is 6.92 Å². The predicted molar refractivity (Wildman–Crippen MR) is 71.7 cm³/mol. The Labute approximate surface area is 106 Å². The van der Waals surface area contributed by atoms with Crippen molar-refractivity contribution in [3.63, 3.8) is 0 Å². The third-order valence-corrected chi connectivity index (χ3v) is 3.79. The van der Waals surface area contributed by atoms with E-state index < -0.39 is 0 Å². The van der Waals surface area contributed by atoms with E-state index in [0.717, 1.165) is 6.54 Å². The summed E-state index contributed by atoms with van der Waals surface area (Å²) >= 11 is 3.54. The van der Waals surface area contributed by atoms with Gasteiger partial charge in [-0.3, -0.25) is 4.90 Å². The van der Waals surface area contributed by atoms with Crippen LogP contribution in [0.1, 0.15) is 11.1 Å². The van der Waals surface area contributed by atoms with Gasteiger partial charge in [0.15, 0.2) is 0 Å². The highest BCUT2D eigenvalue weighted by molar-refractivity contribution is 9.10. The Morgan fingerprint density at radius 1 is 1.19 bits per heavy atom. The Kier molecular flexibility index (Phi) is 4.00. The maximum absolute atomic E-state index is 3.54. The largest absolute Gasteiger partial charge is 0.304 e. The highest BCUT2D eigenvalue weighted by atomic mass is 79.9. The summed E-state index contributed by atoms with van der Waals surface area (Å²) in [5.74, 6) is 0. The molecule has 2 rings (SSSR count). The maximum Gasteiger partial charge on any atom is 0.0237 e. The van der Waals surface area contributed by atoms with Gasteiger partial charge in [0.05, 0.1) is 0 Å². The maximum atomic E-state index is 3.54. The van der Waals surface area contributed by atoms with Crippen LogP contribution in [-0.4, -0.2) is 43.0 Å². The van der Waals surface area contributed by atoms with Gasteiger partial charge in [-0.25, -0.2) is 0 Å². The fraction of sp³-hybridized carbons (Fsp3) is 0.538. The van der Waals surface area contributed by atoms with E-state index in [2.05, 4.69) is 57.9 Å². The normalized spacial score (nSPS) is 18.9. The molecule has 3 heteroatoms. The Morgan fingerprint density at radius 3 is 2.56 bits per heavy atom. The van der Waals surface area contributed by atoms with Gasteiger partial charge >= 0.3 is 0 Å². The van der Waals surface area contributed by atoms with E-state index in [1.165, 1.54) is 41.8 Å². The van der Waals surface area contributed by atoms with Crippen LogP contribution in [0.4, 0.5) is 0 Å². The first-order valence-corrected chi connectivity index (χ1v) is 6.60. The van der Waals surface area contributed by atoms with Crippen LogP contribution >= 0.6 is 15.9 Å². The van der Waals surface area contributed by atoms with E-state index in [1.807, 2.05) is 0 Å². The molecule has 88 valence electrons. The molecule has 0 atom stereocenters. The van der Waals surface area contributed by atoms with E-state index >= 15 is 0 Å². The molecule has 0 unspecified atom stereocenters. The zero-order valence-corrected chi connectivity index (χ0v) is 11.6. The minimum absolute atomic E-state index is 1.08. The number of nitrogens with zero attached hydrogens (tertiary/aromatic N) is 2. The van der Waals surface area contributed by atoms with Crippen LogP contribution in [0.15, 0.2) is 22.7 Å². The summed E-state index contributed by atoms with van der Waals surface area (Å²) < 4.78 is 1.18. The number of piperazine rings is 1. The standard InChI is InChI=1S/C13H19BrN2/c1-11-3-4-13(14)9-12(11)10-16-7-5-15(2)6-8-16/h3-4,9H,5-8,10H2,1-2H3.